The summed E-state index contributed by atoms with van der Waals surface area (Å²) in [6.45, 7) is 8.32. The van der Waals surface area contributed by atoms with E-state index in [1.807, 2.05) is 25.5 Å². The molecule has 3 rings (SSSR count). The predicted molar refractivity (Wildman–Crippen MR) is 82.2 cm³/mol. The van der Waals surface area contributed by atoms with Crippen molar-refractivity contribution < 1.29 is 0 Å². The second-order valence-electron chi connectivity index (χ2n) is 5.60. The molecule has 0 bridgehead atoms. The summed E-state index contributed by atoms with van der Waals surface area (Å²) in [5, 5.41) is 0. The minimum Gasteiger partial charge on any atom is -0.308 e. The molecule has 3 aromatic rings. The number of nitrogens with zero attached hydrogens (tertiary/aromatic N) is 5. The molecule has 0 N–H and O–H groups in total. The first-order chi connectivity index (χ1) is 10.1. The predicted octanol–water partition coefficient (Wildman–Crippen LogP) is 3.26. The van der Waals surface area contributed by atoms with Crippen LogP contribution in [0.15, 0.2) is 30.9 Å². The SMILES string of the molecule is Cc1nc(C(C)C)c2ncn(C(C)c3cccnc3)c2n1. The summed E-state index contributed by atoms with van der Waals surface area (Å²) in [5.74, 6) is 1.11. The number of imidazole rings is 1. The highest BCUT2D eigenvalue weighted by Crippen LogP contribution is 2.25. The van der Waals surface area contributed by atoms with E-state index in [9.17, 15) is 0 Å². The van der Waals surface area contributed by atoms with Crippen LogP contribution >= 0.6 is 0 Å². The Morgan fingerprint density at radius 1 is 1.14 bits per heavy atom. The van der Waals surface area contributed by atoms with Gasteiger partial charge >= 0.3 is 0 Å². The molecule has 0 aliphatic carbocycles. The molecule has 1 unspecified atom stereocenters. The largest absolute Gasteiger partial charge is 0.308 e. The van der Waals surface area contributed by atoms with E-state index < -0.39 is 0 Å². The van der Waals surface area contributed by atoms with Gasteiger partial charge in [-0.3, -0.25) is 4.98 Å². The van der Waals surface area contributed by atoms with Gasteiger partial charge in [0.15, 0.2) is 5.65 Å². The summed E-state index contributed by atoms with van der Waals surface area (Å²) in [6, 6.07) is 4.16. The zero-order valence-corrected chi connectivity index (χ0v) is 12.8. The van der Waals surface area contributed by atoms with Crippen LogP contribution in [-0.4, -0.2) is 24.5 Å². The number of aryl methyl sites for hydroxylation is 1. The lowest BCUT2D eigenvalue weighted by Gasteiger charge is -2.14. The van der Waals surface area contributed by atoms with Crippen molar-refractivity contribution in [1.82, 2.24) is 24.5 Å². The summed E-state index contributed by atoms with van der Waals surface area (Å²) < 4.78 is 2.09. The maximum Gasteiger partial charge on any atom is 0.164 e. The third-order valence-electron chi connectivity index (χ3n) is 3.69. The smallest absolute Gasteiger partial charge is 0.164 e. The molecule has 5 nitrogen and oxygen atoms in total. The molecule has 0 aliphatic rings. The fraction of sp³-hybridized carbons (Fsp3) is 0.375. The van der Waals surface area contributed by atoms with Gasteiger partial charge in [0.05, 0.1) is 18.1 Å². The van der Waals surface area contributed by atoms with Crippen LogP contribution < -0.4 is 0 Å². The molecule has 5 heteroatoms. The molecule has 0 spiro atoms. The lowest BCUT2D eigenvalue weighted by atomic mass is 10.1. The zero-order chi connectivity index (χ0) is 15.0. The summed E-state index contributed by atoms with van der Waals surface area (Å²) >= 11 is 0. The minimum atomic E-state index is 0.137. The van der Waals surface area contributed by atoms with Gasteiger partial charge in [-0.15, -0.1) is 0 Å². The van der Waals surface area contributed by atoms with Crippen molar-refractivity contribution in [2.45, 2.75) is 39.7 Å². The molecule has 0 saturated carbocycles. The van der Waals surface area contributed by atoms with Crippen LogP contribution in [0.3, 0.4) is 0 Å². The van der Waals surface area contributed by atoms with E-state index in [1.165, 1.54) is 0 Å². The highest BCUT2D eigenvalue weighted by Gasteiger charge is 2.17. The Balaban J connectivity index is 2.17. The molecular weight excluding hydrogens is 262 g/mol. The Morgan fingerprint density at radius 2 is 1.95 bits per heavy atom. The van der Waals surface area contributed by atoms with E-state index >= 15 is 0 Å². The van der Waals surface area contributed by atoms with Crippen LogP contribution in [-0.2, 0) is 0 Å². The van der Waals surface area contributed by atoms with Crippen molar-refractivity contribution in [2.24, 2.45) is 0 Å². The maximum absolute atomic E-state index is 4.59. The second kappa shape index (κ2) is 5.24. The van der Waals surface area contributed by atoms with Crippen LogP contribution in [0.4, 0.5) is 0 Å². The van der Waals surface area contributed by atoms with Gasteiger partial charge in [0.1, 0.15) is 11.3 Å². The normalized spacial score (nSPS) is 13.0. The first-order valence-electron chi connectivity index (χ1n) is 7.19. The average Bonchev–Trinajstić information content (AvgIpc) is 2.90. The van der Waals surface area contributed by atoms with Crippen molar-refractivity contribution in [3.05, 3.63) is 47.9 Å². The number of fused-ring (bicyclic) bond motifs is 1. The summed E-state index contributed by atoms with van der Waals surface area (Å²) in [7, 11) is 0. The second-order valence-corrected chi connectivity index (χ2v) is 5.60. The van der Waals surface area contributed by atoms with Crippen LogP contribution in [0.2, 0.25) is 0 Å². The fourth-order valence-electron chi connectivity index (χ4n) is 2.52. The molecule has 0 radical (unpaired) electrons. The van der Waals surface area contributed by atoms with E-state index in [2.05, 4.69) is 51.3 Å². The molecule has 0 fully saturated rings. The number of rotatable bonds is 3. The standard InChI is InChI=1S/C16H19N5/c1-10(2)14-15-16(20-12(4)19-14)21(9-18-15)11(3)13-6-5-7-17-8-13/h5-11H,1-4H3. The number of aromatic nitrogens is 5. The Bertz CT molecular complexity index is 761. The molecule has 108 valence electrons. The summed E-state index contributed by atoms with van der Waals surface area (Å²) in [6.07, 6.45) is 5.52. The molecule has 0 aromatic carbocycles. The Kier molecular flexibility index (Phi) is 3.41. The molecular formula is C16H19N5. The Morgan fingerprint density at radius 3 is 2.62 bits per heavy atom. The first kappa shape index (κ1) is 13.7. The van der Waals surface area contributed by atoms with E-state index in [0.717, 1.165) is 28.2 Å². The summed E-state index contributed by atoms with van der Waals surface area (Å²) in [4.78, 5) is 17.9. The van der Waals surface area contributed by atoms with Crippen molar-refractivity contribution in [2.75, 3.05) is 0 Å². The van der Waals surface area contributed by atoms with Gasteiger partial charge < -0.3 is 4.57 Å². The summed E-state index contributed by atoms with van der Waals surface area (Å²) in [5.41, 5.74) is 3.93. The molecule has 3 aromatic heterocycles. The quantitative estimate of drug-likeness (QED) is 0.739. The van der Waals surface area contributed by atoms with Crippen molar-refractivity contribution in [3.8, 4) is 0 Å². The third kappa shape index (κ3) is 2.39. The highest BCUT2D eigenvalue weighted by molar-refractivity contribution is 5.74. The van der Waals surface area contributed by atoms with E-state index in [1.54, 1.807) is 6.20 Å². The number of pyridine rings is 1. The van der Waals surface area contributed by atoms with Gasteiger partial charge in [-0.1, -0.05) is 19.9 Å². The Hall–Kier alpha value is -2.30. The van der Waals surface area contributed by atoms with Gasteiger partial charge in [0, 0.05) is 12.4 Å². The molecule has 21 heavy (non-hydrogen) atoms. The van der Waals surface area contributed by atoms with E-state index in [0.29, 0.717) is 5.92 Å². The van der Waals surface area contributed by atoms with Gasteiger partial charge in [-0.2, -0.15) is 0 Å². The zero-order valence-electron chi connectivity index (χ0n) is 12.8. The van der Waals surface area contributed by atoms with Gasteiger partial charge in [0.2, 0.25) is 0 Å². The molecule has 3 heterocycles. The van der Waals surface area contributed by atoms with Crippen molar-refractivity contribution in [3.63, 3.8) is 0 Å². The first-order valence-corrected chi connectivity index (χ1v) is 7.19. The van der Waals surface area contributed by atoms with Crippen LogP contribution in [0, 0.1) is 6.92 Å². The van der Waals surface area contributed by atoms with Crippen molar-refractivity contribution >= 4 is 11.2 Å². The van der Waals surface area contributed by atoms with Crippen molar-refractivity contribution in [1.29, 1.82) is 0 Å². The fourth-order valence-corrected chi connectivity index (χ4v) is 2.52. The average molecular weight is 281 g/mol. The van der Waals surface area contributed by atoms with Gasteiger partial charge in [0.25, 0.3) is 0 Å². The Labute approximate surface area is 124 Å². The molecule has 0 amide bonds. The number of hydrogen-bond donors (Lipinski definition) is 0. The van der Waals surface area contributed by atoms with Gasteiger partial charge in [-0.25, -0.2) is 15.0 Å². The van der Waals surface area contributed by atoms with Crippen LogP contribution in [0.25, 0.3) is 11.2 Å². The highest BCUT2D eigenvalue weighted by atomic mass is 15.1. The topological polar surface area (TPSA) is 56.5 Å². The molecule has 0 aliphatic heterocycles. The van der Waals surface area contributed by atoms with Crippen LogP contribution in [0.1, 0.15) is 49.8 Å². The lowest BCUT2D eigenvalue weighted by Crippen LogP contribution is -2.08. The lowest BCUT2D eigenvalue weighted by molar-refractivity contribution is 0.648. The van der Waals surface area contributed by atoms with Gasteiger partial charge in [-0.05, 0) is 31.4 Å². The third-order valence-corrected chi connectivity index (χ3v) is 3.69. The van der Waals surface area contributed by atoms with E-state index in [4.69, 9.17) is 0 Å². The van der Waals surface area contributed by atoms with E-state index in [-0.39, 0.29) is 6.04 Å². The maximum atomic E-state index is 4.59. The monoisotopic (exact) mass is 281 g/mol. The van der Waals surface area contributed by atoms with Crippen LogP contribution in [0.5, 0.6) is 0 Å². The molecule has 1 atom stereocenters. The molecule has 0 saturated heterocycles. The number of hydrogen-bond acceptors (Lipinski definition) is 4. The minimum absolute atomic E-state index is 0.137.